The molecular weight excluding hydrogens is 444 g/mol. The number of esters is 1. The van der Waals surface area contributed by atoms with Gasteiger partial charge < -0.3 is 24.8 Å². The number of fused-ring (bicyclic) bond motifs is 5. The lowest BCUT2D eigenvalue weighted by molar-refractivity contribution is -0.177. The predicted octanol–water partition coefficient (Wildman–Crippen LogP) is 4.43. The van der Waals surface area contributed by atoms with Crippen LogP contribution in [0.5, 0.6) is 0 Å². The fourth-order valence-electron chi connectivity index (χ4n) is 9.82. The number of hydrogen-bond acceptors (Lipinski definition) is 6. The Labute approximate surface area is 211 Å². The summed E-state index contributed by atoms with van der Waals surface area (Å²) in [6.07, 6.45) is 9.33. The van der Waals surface area contributed by atoms with Crippen LogP contribution in [0.4, 0.5) is 0 Å². The summed E-state index contributed by atoms with van der Waals surface area (Å²) in [6.45, 7) is 7.70. The SMILES string of the molecule is CC(CCC(=O)OC1CCO[C@@H](O)C1)C1CCC2C3C(O)CC4CC(O)CCC4(C)C3CCC12C. The van der Waals surface area contributed by atoms with Crippen molar-refractivity contribution < 1.29 is 29.6 Å². The smallest absolute Gasteiger partial charge is 0.306 e. The van der Waals surface area contributed by atoms with Crippen molar-refractivity contribution in [3.63, 3.8) is 0 Å². The molecule has 4 saturated carbocycles. The van der Waals surface area contributed by atoms with Gasteiger partial charge in [0.1, 0.15) is 6.10 Å². The normalized spacial score (nSPS) is 50.5. The van der Waals surface area contributed by atoms with E-state index in [1.165, 1.54) is 25.7 Å². The summed E-state index contributed by atoms with van der Waals surface area (Å²) in [6, 6.07) is 0. The second-order valence-electron chi connectivity index (χ2n) is 13.4. The van der Waals surface area contributed by atoms with Gasteiger partial charge in [0, 0.05) is 19.3 Å². The minimum atomic E-state index is -0.822. The molecule has 0 aromatic rings. The third-order valence-electron chi connectivity index (χ3n) is 11.7. The maximum atomic E-state index is 12.5. The Morgan fingerprint density at radius 2 is 1.71 bits per heavy atom. The molecule has 6 heteroatoms. The molecule has 4 aliphatic carbocycles. The molecule has 0 bridgehead atoms. The fourth-order valence-corrected chi connectivity index (χ4v) is 9.82. The molecule has 6 nitrogen and oxygen atoms in total. The highest BCUT2D eigenvalue weighted by molar-refractivity contribution is 5.69. The van der Waals surface area contributed by atoms with Gasteiger partial charge in [-0.05, 0) is 104 Å². The van der Waals surface area contributed by atoms with Crippen molar-refractivity contribution in [3.8, 4) is 0 Å². The van der Waals surface area contributed by atoms with Crippen LogP contribution in [0.3, 0.4) is 0 Å². The van der Waals surface area contributed by atoms with Crippen LogP contribution < -0.4 is 0 Å². The summed E-state index contributed by atoms with van der Waals surface area (Å²) in [7, 11) is 0. The average molecular weight is 493 g/mol. The van der Waals surface area contributed by atoms with Gasteiger partial charge in [0.25, 0.3) is 0 Å². The van der Waals surface area contributed by atoms with Gasteiger partial charge in [-0.2, -0.15) is 0 Å². The van der Waals surface area contributed by atoms with E-state index in [0.29, 0.717) is 61.4 Å². The molecule has 3 N–H and O–H groups in total. The van der Waals surface area contributed by atoms with Gasteiger partial charge in [-0.1, -0.05) is 20.8 Å². The van der Waals surface area contributed by atoms with Crippen molar-refractivity contribution in [1.82, 2.24) is 0 Å². The van der Waals surface area contributed by atoms with E-state index in [1.807, 2.05) is 0 Å². The van der Waals surface area contributed by atoms with Crippen LogP contribution in [0.25, 0.3) is 0 Å². The lowest BCUT2D eigenvalue weighted by atomic mass is 9.43. The van der Waals surface area contributed by atoms with E-state index in [1.54, 1.807) is 0 Å². The maximum Gasteiger partial charge on any atom is 0.306 e. The number of carbonyl (C=O) groups is 1. The second-order valence-corrected chi connectivity index (χ2v) is 13.4. The zero-order valence-corrected chi connectivity index (χ0v) is 22.0. The quantitative estimate of drug-likeness (QED) is 0.491. The minimum Gasteiger partial charge on any atom is -0.462 e. The highest BCUT2D eigenvalue weighted by atomic mass is 16.6. The molecule has 0 amide bonds. The Balaban J connectivity index is 1.21. The first kappa shape index (κ1) is 25.9. The van der Waals surface area contributed by atoms with Crippen LogP contribution in [-0.2, 0) is 14.3 Å². The van der Waals surface area contributed by atoms with Crippen molar-refractivity contribution in [1.29, 1.82) is 0 Å². The monoisotopic (exact) mass is 492 g/mol. The number of rotatable bonds is 5. The molecule has 0 aromatic heterocycles. The highest BCUT2D eigenvalue weighted by Crippen LogP contribution is 2.68. The molecule has 1 saturated heterocycles. The Hall–Kier alpha value is -0.690. The molecule has 5 fully saturated rings. The molecule has 1 aliphatic heterocycles. The van der Waals surface area contributed by atoms with Crippen molar-refractivity contribution in [3.05, 3.63) is 0 Å². The van der Waals surface area contributed by atoms with Crippen LogP contribution in [0.1, 0.15) is 97.8 Å². The first-order valence-electron chi connectivity index (χ1n) is 14.5. The van der Waals surface area contributed by atoms with Crippen LogP contribution in [0.15, 0.2) is 0 Å². The van der Waals surface area contributed by atoms with E-state index in [2.05, 4.69) is 20.8 Å². The van der Waals surface area contributed by atoms with E-state index in [0.717, 1.165) is 32.1 Å². The summed E-state index contributed by atoms with van der Waals surface area (Å²) in [5, 5.41) is 31.3. The lowest BCUT2D eigenvalue weighted by Gasteiger charge is -2.62. The first-order valence-corrected chi connectivity index (χ1v) is 14.5. The second kappa shape index (κ2) is 9.89. The number of ether oxygens (including phenoxy) is 2. The van der Waals surface area contributed by atoms with Gasteiger partial charge >= 0.3 is 5.97 Å². The Kier molecular flexibility index (Phi) is 7.33. The van der Waals surface area contributed by atoms with E-state index in [4.69, 9.17) is 9.47 Å². The Morgan fingerprint density at radius 3 is 2.49 bits per heavy atom. The standard InChI is InChI=1S/C29H48O6/c1-17(4-7-25(32)35-20-10-13-34-26(33)16-20)21-5-6-22-27-23(9-12-29(21,22)3)28(2)11-8-19(30)14-18(28)15-24(27)31/h17-24,26-27,30-31,33H,4-16H2,1-3H3/t17?,18?,19?,20?,21?,22?,23?,24?,26-,27?,28?,29?/m1/s1. The third kappa shape index (κ3) is 4.70. The van der Waals surface area contributed by atoms with E-state index < -0.39 is 6.29 Å². The van der Waals surface area contributed by atoms with Gasteiger partial charge in [-0.3, -0.25) is 4.79 Å². The molecule has 5 rings (SSSR count). The first-order chi connectivity index (χ1) is 16.6. The highest BCUT2D eigenvalue weighted by Gasteiger charge is 2.62. The van der Waals surface area contributed by atoms with Gasteiger partial charge in [0.05, 0.1) is 18.8 Å². The van der Waals surface area contributed by atoms with Gasteiger partial charge in [-0.15, -0.1) is 0 Å². The molecule has 200 valence electrons. The largest absolute Gasteiger partial charge is 0.462 e. The summed E-state index contributed by atoms with van der Waals surface area (Å²) < 4.78 is 10.8. The van der Waals surface area contributed by atoms with E-state index in [-0.39, 0.29) is 35.1 Å². The van der Waals surface area contributed by atoms with Gasteiger partial charge in [0.15, 0.2) is 6.29 Å². The topological polar surface area (TPSA) is 96.2 Å². The molecule has 35 heavy (non-hydrogen) atoms. The van der Waals surface area contributed by atoms with Crippen molar-refractivity contribution >= 4 is 5.97 Å². The van der Waals surface area contributed by atoms with Crippen LogP contribution >= 0.6 is 0 Å². The Morgan fingerprint density at radius 1 is 0.971 bits per heavy atom. The summed E-state index contributed by atoms with van der Waals surface area (Å²) in [5.74, 6) is 2.84. The molecule has 11 unspecified atom stereocenters. The summed E-state index contributed by atoms with van der Waals surface area (Å²) in [5.41, 5.74) is 0.489. The molecule has 0 spiro atoms. The van der Waals surface area contributed by atoms with Crippen LogP contribution in [-0.4, -0.2) is 52.5 Å². The van der Waals surface area contributed by atoms with E-state index in [9.17, 15) is 20.1 Å². The molecule has 0 radical (unpaired) electrons. The number of aliphatic hydroxyl groups is 3. The Bertz CT molecular complexity index is 772. The van der Waals surface area contributed by atoms with Gasteiger partial charge in [-0.25, -0.2) is 0 Å². The number of hydrogen-bond donors (Lipinski definition) is 3. The van der Waals surface area contributed by atoms with Crippen molar-refractivity contribution in [2.45, 2.75) is 122 Å². The number of aliphatic hydroxyl groups excluding tert-OH is 3. The van der Waals surface area contributed by atoms with Crippen molar-refractivity contribution in [2.75, 3.05) is 6.61 Å². The molecule has 0 aromatic carbocycles. The van der Waals surface area contributed by atoms with Crippen LogP contribution in [0, 0.1) is 46.3 Å². The number of carbonyl (C=O) groups excluding carboxylic acids is 1. The molecule has 5 aliphatic rings. The average Bonchev–Trinajstić information content (AvgIpc) is 3.16. The van der Waals surface area contributed by atoms with Crippen LogP contribution in [0.2, 0.25) is 0 Å². The molecular formula is C29H48O6. The lowest BCUT2D eigenvalue weighted by Crippen LogP contribution is -2.58. The zero-order valence-electron chi connectivity index (χ0n) is 22.0. The zero-order chi connectivity index (χ0) is 25.0. The predicted molar refractivity (Wildman–Crippen MR) is 132 cm³/mol. The molecule has 12 atom stereocenters. The summed E-state index contributed by atoms with van der Waals surface area (Å²) >= 11 is 0. The fraction of sp³-hybridized carbons (Fsp3) is 0.966. The summed E-state index contributed by atoms with van der Waals surface area (Å²) in [4.78, 5) is 12.5. The minimum absolute atomic E-state index is 0.152. The molecule has 1 heterocycles. The van der Waals surface area contributed by atoms with Crippen molar-refractivity contribution in [2.24, 2.45) is 46.3 Å². The van der Waals surface area contributed by atoms with Gasteiger partial charge in [0.2, 0.25) is 0 Å². The maximum absolute atomic E-state index is 12.5. The van der Waals surface area contributed by atoms with E-state index >= 15 is 0 Å². The third-order valence-corrected chi connectivity index (χ3v) is 11.7.